The third kappa shape index (κ3) is 3.30. The number of hydrogen-bond donors (Lipinski definition) is 0. The number of fused-ring (bicyclic) bond motifs is 1. The SMILES string of the molecule is CCN1C(=O)/C(=C\c2ccc3c(c2)OCO3)SC1=Nc1ccc(Cl)cc1. The number of nitrogens with zero attached hydrogens (tertiary/aromatic N) is 2. The van der Waals surface area contributed by atoms with Crippen LogP contribution in [0.3, 0.4) is 0 Å². The lowest BCUT2D eigenvalue weighted by molar-refractivity contribution is -0.122. The molecule has 0 radical (unpaired) electrons. The molecule has 2 heterocycles. The van der Waals surface area contributed by atoms with Gasteiger partial charge in [0.25, 0.3) is 5.91 Å². The van der Waals surface area contributed by atoms with Crippen LogP contribution < -0.4 is 9.47 Å². The van der Waals surface area contributed by atoms with Crippen molar-refractivity contribution >= 4 is 46.2 Å². The minimum atomic E-state index is -0.0529. The predicted molar refractivity (Wildman–Crippen MR) is 104 cm³/mol. The lowest BCUT2D eigenvalue weighted by Crippen LogP contribution is -2.28. The zero-order valence-electron chi connectivity index (χ0n) is 13.9. The van der Waals surface area contributed by atoms with E-state index in [1.54, 1.807) is 17.0 Å². The van der Waals surface area contributed by atoms with E-state index in [-0.39, 0.29) is 12.7 Å². The highest BCUT2D eigenvalue weighted by Crippen LogP contribution is 2.37. The van der Waals surface area contributed by atoms with Crippen LogP contribution in [-0.2, 0) is 4.79 Å². The molecular weight excluding hydrogens is 372 g/mol. The average Bonchev–Trinajstić information content (AvgIpc) is 3.21. The van der Waals surface area contributed by atoms with E-state index in [4.69, 9.17) is 21.1 Å². The lowest BCUT2D eigenvalue weighted by atomic mass is 10.2. The smallest absolute Gasteiger partial charge is 0.266 e. The van der Waals surface area contributed by atoms with Crippen LogP contribution in [0.25, 0.3) is 6.08 Å². The number of likely N-dealkylation sites (N-methyl/N-ethyl adjacent to an activating group) is 1. The molecular formula is C19H15ClN2O3S. The van der Waals surface area contributed by atoms with Crippen molar-refractivity contribution in [3.63, 3.8) is 0 Å². The zero-order valence-corrected chi connectivity index (χ0v) is 15.5. The number of ether oxygens (including phenoxy) is 2. The first-order chi connectivity index (χ1) is 12.6. The maximum atomic E-state index is 12.7. The van der Waals surface area contributed by atoms with E-state index in [0.29, 0.717) is 27.4 Å². The Morgan fingerprint density at radius 2 is 1.96 bits per heavy atom. The number of amides is 1. The number of aliphatic imine (C=N–C) groups is 1. The molecule has 1 amide bonds. The van der Waals surface area contributed by atoms with Crippen molar-refractivity contribution in [3.8, 4) is 11.5 Å². The Kier molecular flexibility index (Phi) is 4.61. The minimum Gasteiger partial charge on any atom is -0.454 e. The predicted octanol–water partition coefficient (Wildman–Crippen LogP) is 4.69. The molecule has 0 bridgehead atoms. The molecule has 5 nitrogen and oxygen atoms in total. The zero-order chi connectivity index (χ0) is 18.1. The second-order valence-electron chi connectivity index (χ2n) is 5.64. The molecule has 132 valence electrons. The quantitative estimate of drug-likeness (QED) is 0.718. The molecule has 2 aliphatic heterocycles. The van der Waals surface area contributed by atoms with Crippen LogP contribution in [-0.4, -0.2) is 29.3 Å². The third-order valence-corrected chi connectivity index (χ3v) is 5.21. The minimum absolute atomic E-state index is 0.0529. The van der Waals surface area contributed by atoms with Gasteiger partial charge in [0.2, 0.25) is 6.79 Å². The van der Waals surface area contributed by atoms with E-state index in [0.717, 1.165) is 17.0 Å². The number of carbonyl (C=O) groups excluding carboxylic acids is 1. The fourth-order valence-electron chi connectivity index (χ4n) is 2.65. The Bertz CT molecular complexity index is 925. The van der Waals surface area contributed by atoms with Crippen molar-refractivity contribution in [2.24, 2.45) is 4.99 Å². The summed E-state index contributed by atoms with van der Waals surface area (Å²) in [4.78, 5) is 19.6. The van der Waals surface area contributed by atoms with Crippen LogP contribution in [0.5, 0.6) is 11.5 Å². The fourth-order valence-corrected chi connectivity index (χ4v) is 3.84. The molecule has 26 heavy (non-hydrogen) atoms. The second-order valence-corrected chi connectivity index (χ2v) is 7.09. The Labute approximate surface area is 160 Å². The van der Waals surface area contributed by atoms with Crippen molar-refractivity contribution < 1.29 is 14.3 Å². The first kappa shape index (κ1) is 17.0. The molecule has 2 aromatic carbocycles. The van der Waals surface area contributed by atoms with Gasteiger partial charge in [-0.05, 0) is 66.7 Å². The van der Waals surface area contributed by atoms with Crippen LogP contribution in [0, 0.1) is 0 Å². The van der Waals surface area contributed by atoms with Crippen molar-refractivity contribution in [1.82, 2.24) is 4.90 Å². The summed E-state index contributed by atoms with van der Waals surface area (Å²) in [5.74, 6) is 1.36. The van der Waals surface area contributed by atoms with Crippen LogP contribution in [0.15, 0.2) is 52.4 Å². The van der Waals surface area contributed by atoms with E-state index < -0.39 is 0 Å². The molecule has 0 spiro atoms. The number of hydrogen-bond acceptors (Lipinski definition) is 5. The maximum Gasteiger partial charge on any atom is 0.266 e. The molecule has 0 saturated carbocycles. The molecule has 7 heteroatoms. The van der Waals surface area contributed by atoms with Gasteiger partial charge < -0.3 is 9.47 Å². The highest BCUT2D eigenvalue weighted by molar-refractivity contribution is 8.18. The summed E-state index contributed by atoms with van der Waals surface area (Å²) in [6.45, 7) is 2.71. The van der Waals surface area contributed by atoms with Crippen molar-refractivity contribution in [2.45, 2.75) is 6.92 Å². The monoisotopic (exact) mass is 386 g/mol. The van der Waals surface area contributed by atoms with Gasteiger partial charge in [-0.15, -0.1) is 0 Å². The number of rotatable bonds is 3. The summed E-state index contributed by atoms with van der Waals surface area (Å²) >= 11 is 7.28. The molecule has 0 N–H and O–H groups in total. The van der Waals surface area contributed by atoms with Gasteiger partial charge in [0.15, 0.2) is 16.7 Å². The Balaban J connectivity index is 1.64. The number of halogens is 1. The third-order valence-electron chi connectivity index (χ3n) is 3.95. The second kappa shape index (κ2) is 7.05. The van der Waals surface area contributed by atoms with E-state index in [2.05, 4.69) is 4.99 Å². The van der Waals surface area contributed by atoms with Crippen molar-refractivity contribution in [1.29, 1.82) is 0 Å². The van der Waals surface area contributed by atoms with Crippen LogP contribution in [0.1, 0.15) is 12.5 Å². The summed E-state index contributed by atoms with van der Waals surface area (Å²) in [5.41, 5.74) is 1.64. The topological polar surface area (TPSA) is 51.1 Å². The van der Waals surface area contributed by atoms with E-state index >= 15 is 0 Å². The van der Waals surface area contributed by atoms with Gasteiger partial charge >= 0.3 is 0 Å². The summed E-state index contributed by atoms with van der Waals surface area (Å²) in [6, 6.07) is 12.8. The van der Waals surface area contributed by atoms with Crippen molar-refractivity contribution in [3.05, 3.63) is 58.0 Å². The maximum absolute atomic E-state index is 12.7. The van der Waals surface area contributed by atoms with Crippen LogP contribution in [0.4, 0.5) is 5.69 Å². The fraction of sp³-hybridized carbons (Fsp3) is 0.158. The summed E-state index contributed by atoms with van der Waals surface area (Å²) < 4.78 is 10.7. The average molecular weight is 387 g/mol. The van der Waals surface area contributed by atoms with E-state index in [1.807, 2.05) is 43.3 Å². The highest BCUT2D eigenvalue weighted by atomic mass is 35.5. The van der Waals surface area contributed by atoms with E-state index in [1.165, 1.54) is 11.8 Å². The molecule has 4 rings (SSSR count). The standard InChI is InChI=1S/C19H15ClN2O3S/c1-2-22-18(23)17(10-12-3-8-15-16(9-12)25-11-24-15)26-19(22)21-14-6-4-13(20)5-7-14/h3-10H,2,11H2,1H3/b17-10+,21-19?. The van der Waals surface area contributed by atoms with Gasteiger partial charge in [-0.1, -0.05) is 17.7 Å². The molecule has 0 unspecified atom stereocenters. The first-order valence-corrected chi connectivity index (χ1v) is 9.29. The van der Waals surface area contributed by atoms with Gasteiger partial charge in [0.05, 0.1) is 10.6 Å². The number of amidine groups is 1. The molecule has 1 fully saturated rings. The lowest BCUT2D eigenvalue weighted by Gasteiger charge is -2.11. The summed E-state index contributed by atoms with van der Waals surface area (Å²) in [5, 5.41) is 1.31. The summed E-state index contributed by atoms with van der Waals surface area (Å²) in [6.07, 6.45) is 1.85. The van der Waals surface area contributed by atoms with Gasteiger partial charge in [-0.3, -0.25) is 9.69 Å². The van der Waals surface area contributed by atoms with Gasteiger partial charge in [0.1, 0.15) is 0 Å². The van der Waals surface area contributed by atoms with E-state index in [9.17, 15) is 4.79 Å². The Hall–Kier alpha value is -2.44. The summed E-state index contributed by atoms with van der Waals surface area (Å²) in [7, 11) is 0. The molecule has 1 saturated heterocycles. The molecule has 0 aromatic heterocycles. The number of benzene rings is 2. The molecule has 2 aromatic rings. The largest absolute Gasteiger partial charge is 0.454 e. The Morgan fingerprint density at radius 3 is 2.73 bits per heavy atom. The van der Waals surface area contributed by atoms with Crippen LogP contribution >= 0.6 is 23.4 Å². The molecule has 0 aliphatic carbocycles. The number of carbonyl (C=O) groups is 1. The number of thioether (sulfide) groups is 1. The highest BCUT2D eigenvalue weighted by Gasteiger charge is 2.32. The normalized spacial score (nSPS) is 19.0. The Morgan fingerprint density at radius 1 is 1.19 bits per heavy atom. The molecule has 2 aliphatic rings. The van der Waals surface area contributed by atoms with Crippen LogP contribution in [0.2, 0.25) is 5.02 Å². The van der Waals surface area contributed by atoms with Gasteiger partial charge in [0, 0.05) is 11.6 Å². The first-order valence-electron chi connectivity index (χ1n) is 8.09. The van der Waals surface area contributed by atoms with Gasteiger partial charge in [-0.2, -0.15) is 0 Å². The van der Waals surface area contributed by atoms with Crippen molar-refractivity contribution in [2.75, 3.05) is 13.3 Å². The molecule has 0 atom stereocenters. The van der Waals surface area contributed by atoms with Gasteiger partial charge in [-0.25, -0.2) is 4.99 Å².